The predicted molar refractivity (Wildman–Crippen MR) is 70.9 cm³/mol. The van der Waals surface area contributed by atoms with E-state index < -0.39 is 6.10 Å². The summed E-state index contributed by atoms with van der Waals surface area (Å²) in [5.41, 5.74) is 0. The van der Waals surface area contributed by atoms with Gasteiger partial charge in [-0.05, 0) is 25.2 Å². The van der Waals surface area contributed by atoms with Crippen LogP contribution >= 0.6 is 0 Å². The molecule has 1 rings (SSSR count). The van der Waals surface area contributed by atoms with Gasteiger partial charge in [0.15, 0.2) is 0 Å². The summed E-state index contributed by atoms with van der Waals surface area (Å²) in [4.78, 5) is 11.9. The number of hydrogen-bond acceptors (Lipinski definition) is 2. The lowest BCUT2D eigenvalue weighted by molar-refractivity contribution is -0.127. The summed E-state index contributed by atoms with van der Waals surface area (Å²) in [6, 6.07) is 0. The molecule has 1 saturated carbocycles. The second-order valence-electron chi connectivity index (χ2n) is 5.60. The van der Waals surface area contributed by atoms with E-state index in [9.17, 15) is 9.90 Å². The van der Waals surface area contributed by atoms with Crippen molar-refractivity contribution < 1.29 is 9.90 Å². The summed E-state index contributed by atoms with van der Waals surface area (Å²) >= 11 is 0. The van der Waals surface area contributed by atoms with Gasteiger partial charge in [-0.3, -0.25) is 4.79 Å². The first-order chi connectivity index (χ1) is 8.16. The molecule has 2 heteroatoms. The lowest BCUT2D eigenvalue weighted by atomic mass is 9.79. The fourth-order valence-electron chi connectivity index (χ4n) is 2.85. The average molecular weight is 240 g/mol. The molecule has 1 N–H and O–H groups in total. The zero-order valence-electron chi connectivity index (χ0n) is 11.5. The molecule has 0 aromatic carbocycles. The number of hydrogen-bond donors (Lipinski definition) is 1. The highest BCUT2D eigenvalue weighted by Crippen LogP contribution is 2.30. The van der Waals surface area contributed by atoms with Crippen molar-refractivity contribution in [3.8, 4) is 0 Å². The van der Waals surface area contributed by atoms with Gasteiger partial charge in [-0.2, -0.15) is 0 Å². The number of carbonyl (C=O) groups excluding carboxylic acids is 1. The maximum absolute atomic E-state index is 11.9. The predicted octanol–water partition coefficient (Wildman–Crippen LogP) is 3.71. The van der Waals surface area contributed by atoms with Crippen molar-refractivity contribution in [2.45, 2.75) is 77.7 Å². The smallest absolute Gasteiger partial charge is 0.138 e. The Morgan fingerprint density at radius 3 is 2.47 bits per heavy atom. The molecule has 0 aromatic rings. The molecule has 2 nitrogen and oxygen atoms in total. The number of carbonyl (C=O) groups is 1. The van der Waals surface area contributed by atoms with Crippen LogP contribution in [0.4, 0.5) is 0 Å². The molecule has 0 bridgehead atoms. The monoisotopic (exact) mass is 240 g/mol. The van der Waals surface area contributed by atoms with Crippen LogP contribution in [0.1, 0.15) is 71.6 Å². The van der Waals surface area contributed by atoms with Gasteiger partial charge in [0.2, 0.25) is 0 Å². The quantitative estimate of drug-likeness (QED) is 0.689. The summed E-state index contributed by atoms with van der Waals surface area (Å²) in [6.45, 7) is 4.05. The first-order valence-corrected chi connectivity index (χ1v) is 7.37. The van der Waals surface area contributed by atoms with E-state index in [-0.39, 0.29) is 11.7 Å². The van der Waals surface area contributed by atoms with Crippen molar-refractivity contribution in [3.63, 3.8) is 0 Å². The van der Waals surface area contributed by atoms with E-state index in [0.29, 0.717) is 12.3 Å². The Morgan fingerprint density at radius 2 is 1.88 bits per heavy atom. The largest absolute Gasteiger partial charge is 0.392 e. The minimum Gasteiger partial charge on any atom is -0.392 e. The fraction of sp³-hybridized carbons (Fsp3) is 0.933. The highest BCUT2D eigenvalue weighted by Gasteiger charge is 2.29. The molecule has 100 valence electrons. The molecule has 1 fully saturated rings. The van der Waals surface area contributed by atoms with Gasteiger partial charge in [-0.1, -0.05) is 46.0 Å². The van der Waals surface area contributed by atoms with Gasteiger partial charge in [0.05, 0.1) is 6.10 Å². The van der Waals surface area contributed by atoms with Crippen molar-refractivity contribution in [1.29, 1.82) is 0 Å². The van der Waals surface area contributed by atoms with E-state index >= 15 is 0 Å². The Hall–Kier alpha value is -0.370. The van der Waals surface area contributed by atoms with Crippen molar-refractivity contribution in [2.75, 3.05) is 0 Å². The molecular formula is C15H28O2. The molecule has 0 saturated heterocycles. The third-order valence-electron chi connectivity index (χ3n) is 4.18. The van der Waals surface area contributed by atoms with Crippen LogP contribution in [0.2, 0.25) is 0 Å². The normalized spacial score (nSPS) is 21.1. The lowest BCUT2D eigenvalue weighted by Gasteiger charge is -2.29. The minimum atomic E-state index is -0.399. The molecule has 0 aromatic heterocycles. The topological polar surface area (TPSA) is 37.3 Å². The molecule has 0 radical (unpaired) electrons. The zero-order valence-corrected chi connectivity index (χ0v) is 11.5. The van der Waals surface area contributed by atoms with Crippen LogP contribution < -0.4 is 0 Å². The van der Waals surface area contributed by atoms with Gasteiger partial charge in [0.25, 0.3) is 0 Å². The Morgan fingerprint density at radius 1 is 1.24 bits per heavy atom. The summed E-state index contributed by atoms with van der Waals surface area (Å²) in [5, 5.41) is 10.2. The number of unbranched alkanes of at least 4 members (excludes halogenated alkanes) is 2. The third kappa shape index (κ3) is 4.79. The number of Topliss-reactive ketones (excluding diaryl/α,β-unsaturated/α-hetero) is 1. The Labute approximate surface area is 106 Å². The maximum atomic E-state index is 11.9. The molecule has 1 aliphatic rings. The van der Waals surface area contributed by atoms with Crippen molar-refractivity contribution in [3.05, 3.63) is 0 Å². The summed E-state index contributed by atoms with van der Waals surface area (Å²) < 4.78 is 0. The fourth-order valence-corrected chi connectivity index (χ4v) is 2.85. The number of aliphatic hydroxyl groups excluding tert-OH is 1. The van der Waals surface area contributed by atoms with Crippen LogP contribution in [0.3, 0.4) is 0 Å². The third-order valence-corrected chi connectivity index (χ3v) is 4.18. The van der Waals surface area contributed by atoms with E-state index in [4.69, 9.17) is 0 Å². The molecule has 0 heterocycles. The van der Waals surface area contributed by atoms with Crippen LogP contribution in [-0.4, -0.2) is 17.0 Å². The molecular weight excluding hydrogens is 212 g/mol. The van der Waals surface area contributed by atoms with Gasteiger partial charge in [-0.25, -0.2) is 0 Å². The Bertz CT molecular complexity index is 219. The number of ketones is 1. The van der Waals surface area contributed by atoms with Gasteiger partial charge < -0.3 is 5.11 Å². The van der Waals surface area contributed by atoms with Crippen LogP contribution in [0.5, 0.6) is 0 Å². The van der Waals surface area contributed by atoms with Crippen LogP contribution in [-0.2, 0) is 4.79 Å². The minimum absolute atomic E-state index is 0.157. The second-order valence-corrected chi connectivity index (χ2v) is 5.60. The molecule has 17 heavy (non-hydrogen) atoms. The van der Waals surface area contributed by atoms with E-state index in [1.54, 1.807) is 0 Å². The van der Waals surface area contributed by atoms with Crippen molar-refractivity contribution >= 4 is 5.78 Å². The van der Waals surface area contributed by atoms with Gasteiger partial charge in [-0.15, -0.1) is 0 Å². The maximum Gasteiger partial charge on any atom is 0.138 e. The Kier molecular flexibility index (Phi) is 6.79. The van der Waals surface area contributed by atoms with Crippen LogP contribution in [0.15, 0.2) is 0 Å². The van der Waals surface area contributed by atoms with E-state index in [1.165, 1.54) is 19.3 Å². The van der Waals surface area contributed by atoms with Crippen molar-refractivity contribution in [1.82, 2.24) is 0 Å². The van der Waals surface area contributed by atoms with Gasteiger partial charge in [0, 0.05) is 12.3 Å². The molecule has 0 spiro atoms. The molecule has 0 unspecified atom stereocenters. The first-order valence-electron chi connectivity index (χ1n) is 7.37. The number of rotatable bonds is 7. The second kappa shape index (κ2) is 7.86. The SMILES string of the molecule is CCCCCC(=O)[C@H](C)[C@@H](O)C1CCCCC1. The first kappa shape index (κ1) is 14.7. The molecule has 0 amide bonds. The molecule has 0 aliphatic heterocycles. The van der Waals surface area contributed by atoms with E-state index in [1.807, 2.05) is 6.92 Å². The average Bonchev–Trinajstić information content (AvgIpc) is 2.38. The summed E-state index contributed by atoms with van der Waals surface area (Å²) in [6.07, 6.45) is 9.45. The van der Waals surface area contributed by atoms with Crippen LogP contribution in [0, 0.1) is 11.8 Å². The number of aliphatic hydroxyl groups is 1. The summed E-state index contributed by atoms with van der Waals surface area (Å²) in [7, 11) is 0. The Balaban J connectivity index is 2.33. The van der Waals surface area contributed by atoms with Crippen LogP contribution in [0.25, 0.3) is 0 Å². The standard InChI is InChI=1S/C15H28O2/c1-3-4-6-11-14(16)12(2)15(17)13-9-7-5-8-10-13/h12-13,15,17H,3-11H2,1-2H3/t12-,15+/m0/s1. The molecule has 2 atom stereocenters. The van der Waals surface area contributed by atoms with Crippen molar-refractivity contribution in [2.24, 2.45) is 11.8 Å². The highest BCUT2D eigenvalue weighted by atomic mass is 16.3. The van der Waals surface area contributed by atoms with E-state index in [2.05, 4.69) is 6.92 Å². The molecule has 1 aliphatic carbocycles. The van der Waals surface area contributed by atoms with Gasteiger partial charge in [0.1, 0.15) is 5.78 Å². The van der Waals surface area contributed by atoms with Gasteiger partial charge >= 0.3 is 0 Å². The lowest BCUT2D eigenvalue weighted by Crippen LogP contribution is -2.33. The zero-order chi connectivity index (χ0) is 12.7. The highest BCUT2D eigenvalue weighted by molar-refractivity contribution is 5.81. The summed E-state index contributed by atoms with van der Waals surface area (Å²) in [5.74, 6) is 0.473. The van der Waals surface area contributed by atoms with E-state index in [0.717, 1.165) is 32.1 Å².